The second-order valence-electron chi connectivity index (χ2n) is 4.85. The maximum Gasteiger partial charge on any atom is 0.328 e. The Balaban J connectivity index is 2.43. The van der Waals surface area contributed by atoms with Gasteiger partial charge in [-0.25, -0.2) is 4.79 Å². The lowest BCUT2D eigenvalue weighted by atomic mass is 10.1. The van der Waals surface area contributed by atoms with Crippen molar-refractivity contribution in [1.29, 1.82) is 0 Å². The van der Waals surface area contributed by atoms with Crippen LogP contribution in [0.2, 0.25) is 0 Å². The first-order valence-corrected chi connectivity index (χ1v) is 7.19. The van der Waals surface area contributed by atoms with Crippen LogP contribution in [0.25, 0.3) is 0 Å². The molecule has 0 saturated carbocycles. The number of ether oxygens (including phenoxy) is 1. The minimum absolute atomic E-state index is 0.132. The van der Waals surface area contributed by atoms with Gasteiger partial charge in [0.15, 0.2) is 0 Å². The molecule has 0 aromatic heterocycles. The van der Waals surface area contributed by atoms with E-state index in [0.717, 1.165) is 18.4 Å². The number of hydrogen-bond donors (Lipinski definition) is 1. The molecule has 0 saturated heterocycles. The molecule has 1 aromatic carbocycles. The molecule has 21 heavy (non-hydrogen) atoms. The van der Waals surface area contributed by atoms with Crippen LogP contribution in [-0.4, -0.2) is 25.0 Å². The van der Waals surface area contributed by atoms with Gasteiger partial charge in [-0.05, 0) is 31.2 Å². The summed E-state index contributed by atoms with van der Waals surface area (Å²) in [5, 5.41) is 2.75. The quantitative estimate of drug-likeness (QED) is 0.432. The molecule has 0 spiro atoms. The zero-order valence-corrected chi connectivity index (χ0v) is 12.5. The predicted molar refractivity (Wildman–Crippen MR) is 82.8 cm³/mol. The molecule has 0 fully saturated rings. The molecule has 0 aliphatic carbocycles. The third kappa shape index (κ3) is 6.75. The molecule has 4 heteroatoms. The number of unbranched alkanes of at least 4 members (excludes halogenated alkanes) is 1. The number of allylic oxidation sites excluding steroid dienone is 1. The Labute approximate surface area is 126 Å². The van der Waals surface area contributed by atoms with Crippen molar-refractivity contribution in [2.24, 2.45) is 0 Å². The monoisotopic (exact) mass is 289 g/mol. The van der Waals surface area contributed by atoms with Crippen molar-refractivity contribution >= 4 is 11.9 Å². The summed E-state index contributed by atoms with van der Waals surface area (Å²) in [6.45, 7) is 3.64. The van der Waals surface area contributed by atoms with Crippen LogP contribution < -0.4 is 5.32 Å². The number of methoxy groups -OCH3 is 1. The number of hydrogen-bond acceptors (Lipinski definition) is 3. The summed E-state index contributed by atoms with van der Waals surface area (Å²) < 4.78 is 4.73. The van der Waals surface area contributed by atoms with E-state index < -0.39 is 12.0 Å². The highest BCUT2D eigenvalue weighted by Gasteiger charge is 2.20. The molecule has 4 nitrogen and oxygen atoms in total. The van der Waals surface area contributed by atoms with E-state index in [-0.39, 0.29) is 5.91 Å². The summed E-state index contributed by atoms with van der Waals surface area (Å²) in [6, 6.07) is 9.22. The molecule has 0 radical (unpaired) electrons. The van der Waals surface area contributed by atoms with E-state index in [2.05, 4.69) is 11.9 Å². The minimum atomic E-state index is -0.571. The second-order valence-corrected chi connectivity index (χ2v) is 4.85. The molecule has 1 N–H and O–H groups in total. The lowest BCUT2D eigenvalue weighted by Crippen LogP contribution is -2.41. The van der Waals surface area contributed by atoms with Crippen LogP contribution >= 0.6 is 0 Å². The third-order valence-corrected chi connectivity index (χ3v) is 3.21. The van der Waals surface area contributed by atoms with Crippen molar-refractivity contribution in [2.45, 2.75) is 38.1 Å². The summed E-state index contributed by atoms with van der Waals surface area (Å²) in [4.78, 5) is 23.6. The molecule has 1 rings (SSSR count). The van der Waals surface area contributed by atoms with Gasteiger partial charge in [0.05, 0.1) is 7.11 Å². The first kappa shape index (κ1) is 17.0. The highest BCUT2D eigenvalue weighted by Crippen LogP contribution is 2.06. The van der Waals surface area contributed by atoms with Gasteiger partial charge in [-0.3, -0.25) is 4.79 Å². The first-order chi connectivity index (χ1) is 10.2. The summed E-state index contributed by atoms with van der Waals surface area (Å²) >= 11 is 0. The maximum atomic E-state index is 11.9. The molecule has 0 bridgehead atoms. The van der Waals surface area contributed by atoms with Crippen LogP contribution in [0.5, 0.6) is 0 Å². The number of amides is 1. The van der Waals surface area contributed by atoms with E-state index in [1.165, 1.54) is 7.11 Å². The van der Waals surface area contributed by atoms with Crippen LogP contribution in [0.1, 0.15) is 31.2 Å². The van der Waals surface area contributed by atoms with Crippen molar-refractivity contribution in [2.75, 3.05) is 7.11 Å². The van der Waals surface area contributed by atoms with Crippen LogP contribution in [0, 0.1) is 0 Å². The smallest absolute Gasteiger partial charge is 0.328 e. The number of benzene rings is 1. The Hall–Kier alpha value is -2.10. The number of rotatable bonds is 9. The Morgan fingerprint density at radius 2 is 2.05 bits per heavy atom. The molecule has 114 valence electrons. The average Bonchev–Trinajstić information content (AvgIpc) is 2.52. The summed E-state index contributed by atoms with van der Waals surface area (Å²) in [5.74, 6) is -0.528. The molecule has 0 heterocycles. The fraction of sp³-hybridized carbons (Fsp3) is 0.412. The summed E-state index contributed by atoms with van der Waals surface area (Å²) in [7, 11) is 1.33. The van der Waals surface area contributed by atoms with Crippen molar-refractivity contribution in [1.82, 2.24) is 5.32 Å². The van der Waals surface area contributed by atoms with Gasteiger partial charge in [0, 0.05) is 6.42 Å². The van der Waals surface area contributed by atoms with E-state index in [4.69, 9.17) is 4.74 Å². The van der Waals surface area contributed by atoms with Gasteiger partial charge in [0.1, 0.15) is 6.04 Å². The largest absolute Gasteiger partial charge is 0.467 e. The standard InChI is InChI=1S/C17H23NO3/c1-3-4-6-11-15(17(20)21-2)18-16(19)13-12-14-9-7-5-8-10-14/h3,5,7-10,15H,1,4,6,11-13H2,2H3,(H,18,19)/t15-/m1/s1. The van der Waals surface area contributed by atoms with E-state index in [9.17, 15) is 9.59 Å². The molecule has 1 aromatic rings. The number of carbonyl (C=O) groups is 2. The molecular weight excluding hydrogens is 266 g/mol. The highest BCUT2D eigenvalue weighted by atomic mass is 16.5. The molecule has 0 aliphatic rings. The van der Waals surface area contributed by atoms with Crippen LogP contribution in [-0.2, 0) is 20.7 Å². The van der Waals surface area contributed by atoms with Crippen molar-refractivity contribution in [3.05, 3.63) is 48.6 Å². The SMILES string of the molecule is C=CCCC[C@@H](NC(=O)CCc1ccccc1)C(=O)OC. The van der Waals surface area contributed by atoms with Gasteiger partial charge in [0.25, 0.3) is 0 Å². The fourth-order valence-corrected chi connectivity index (χ4v) is 2.03. The molecular formula is C17H23NO3. The van der Waals surface area contributed by atoms with Crippen LogP contribution in [0.15, 0.2) is 43.0 Å². The number of aryl methyl sites for hydroxylation is 1. The normalized spacial score (nSPS) is 11.5. The molecule has 0 aliphatic heterocycles. The van der Waals surface area contributed by atoms with Crippen molar-refractivity contribution < 1.29 is 14.3 Å². The molecule has 1 atom stereocenters. The van der Waals surface area contributed by atoms with Crippen molar-refractivity contribution in [3.63, 3.8) is 0 Å². The predicted octanol–water partition coefficient (Wildman–Crippen LogP) is 2.63. The third-order valence-electron chi connectivity index (χ3n) is 3.21. The Morgan fingerprint density at radius 1 is 1.33 bits per heavy atom. The van der Waals surface area contributed by atoms with Gasteiger partial charge >= 0.3 is 5.97 Å². The van der Waals surface area contributed by atoms with Crippen LogP contribution in [0.4, 0.5) is 0 Å². The zero-order valence-electron chi connectivity index (χ0n) is 12.5. The van der Waals surface area contributed by atoms with E-state index in [1.54, 1.807) is 6.08 Å². The first-order valence-electron chi connectivity index (χ1n) is 7.19. The molecule has 0 unspecified atom stereocenters. The topological polar surface area (TPSA) is 55.4 Å². The van der Waals surface area contributed by atoms with Crippen molar-refractivity contribution in [3.8, 4) is 0 Å². The van der Waals surface area contributed by atoms with E-state index in [1.807, 2.05) is 30.3 Å². The second kappa shape index (κ2) is 9.75. The summed E-state index contributed by atoms with van der Waals surface area (Å²) in [5.41, 5.74) is 1.11. The number of esters is 1. The Morgan fingerprint density at radius 3 is 2.67 bits per heavy atom. The van der Waals surface area contributed by atoms with Gasteiger partial charge in [-0.2, -0.15) is 0 Å². The van der Waals surface area contributed by atoms with Gasteiger partial charge in [-0.1, -0.05) is 36.4 Å². The summed E-state index contributed by atoms with van der Waals surface area (Å²) in [6.07, 6.45) is 4.99. The van der Waals surface area contributed by atoms with Gasteiger partial charge in [-0.15, -0.1) is 6.58 Å². The zero-order chi connectivity index (χ0) is 15.5. The van der Waals surface area contributed by atoms with E-state index >= 15 is 0 Å². The van der Waals surface area contributed by atoms with E-state index in [0.29, 0.717) is 19.3 Å². The lowest BCUT2D eigenvalue weighted by Gasteiger charge is -2.16. The number of nitrogens with one attached hydrogen (secondary N) is 1. The Bertz CT molecular complexity index is 456. The van der Waals surface area contributed by atoms with Crippen LogP contribution in [0.3, 0.4) is 0 Å². The van der Waals surface area contributed by atoms with Gasteiger partial charge in [0.2, 0.25) is 5.91 Å². The Kier molecular flexibility index (Phi) is 7.87. The number of carbonyl (C=O) groups excluding carboxylic acids is 2. The molecule has 1 amide bonds. The minimum Gasteiger partial charge on any atom is -0.467 e. The van der Waals surface area contributed by atoms with Gasteiger partial charge < -0.3 is 10.1 Å². The highest BCUT2D eigenvalue weighted by molar-refractivity contribution is 5.84. The fourth-order valence-electron chi connectivity index (χ4n) is 2.03. The lowest BCUT2D eigenvalue weighted by molar-refractivity contribution is -0.145. The maximum absolute atomic E-state index is 11.9. The average molecular weight is 289 g/mol.